The highest BCUT2D eigenvalue weighted by Gasteiger charge is 2.23. The van der Waals surface area contributed by atoms with Crippen LogP contribution in [0.1, 0.15) is 37.3 Å². The minimum absolute atomic E-state index is 0.322. The average Bonchev–Trinajstić information content (AvgIpc) is 3.34. The molecule has 1 fully saturated rings. The number of thiophene rings is 1. The molecule has 1 aliphatic heterocycles. The lowest BCUT2D eigenvalue weighted by molar-refractivity contribution is 0.0177. The number of hydrogen-bond donors (Lipinski definition) is 2. The Balaban J connectivity index is 1.63. The molecular weight excluding hydrogens is 408 g/mol. The number of morpholine rings is 1. The van der Waals surface area contributed by atoms with E-state index in [9.17, 15) is 0 Å². The van der Waals surface area contributed by atoms with Crippen molar-refractivity contribution in [2.24, 2.45) is 4.99 Å². The third-order valence-corrected chi connectivity index (χ3v) is 6.45. The Morgan fingerprint density at radius 2 is 2.00 bits per heavy atom. The summed E-state index contributed by atoms with van der Waals surface area (Å²) in [6.07, 6.45) is 1.93. The van der Waals surface area contributed by atoms with Gasteiger partial charge >= 0.3 is 0 Å². The Hall–Kier alpha value is -2.16. The van der Waals surface area contributed by atoms with Gasteiger partial charge in [0.25, 0.3) is 0 Å². The van der Waals surface area contributed by atoms with Crippen molar-refractivity contribution in [2.75, 3.05) is 57.4 Å². The highest BCUT2D eigenvalue weighted by molar-refractivity contribution is 7.10. The van der Waals surface area contributed by atoms with Crippen LogP contribution >= 0.6 is 11.3 Å². The highest BCUT2D eigenvalue weighted by Crippen LogP contribution is 2.25. The zero-order valence-corrected chi connectivity index (χ0v) is 19.8. The van der Waals surface area contributed by atoms with Gasteiger partial charge in [0.1, 0.15) is 5.82 Å². The molecule has 31 heavy (non-hydrogen) atoms. The van der Waals surface area contributed by atoms with Gasteiger partial charge in [0.2, 0.25) is 0 Å². The molecule has 2 aromatic heterocycles. The number of nitrogens with one attached hydrogen (secondary N) is 2. The van der Waals surface area contributed by atoms with E-state index in [4.69, 9.17) is 9.73 Å². The van der Waals surface area contributed by atoms with Gasteiger partial charge in [-0.3, -0.25) is 4.90 Å². The quantitative estimate of drug-likeness (QED) is 0.434. The molecule has 0 amide bonds. The van der Waals surface area contributed by atoms with E-state index in [1.165, 1.54) is 4.88 Å². The van der Waals surface area contributed by atoms with Crippen molar-refractivity contribution in [3.8, 4) is 0 Å². The fourth-order valence-electron chi connectivity index (χ4n) is 3.73. The number of rotatable bonds is 10. The van der Waals surface area contributed by atoms with E-state index in [-0.39, 0.29) is 0 Å². The van der Waals surface area contributed by atoms with Gasteiger partial charge in [-0.25, -0.2) is 9.98 Å². The number of guanidine groups is 1. The third kappa shape index (κ3) is 6.92. The predicted octanol–water partition coefficient (Wildman–Crippen LogP) is 3.12. The molecule has 1 unspecified atom stereocenters. The summed E-state index contributed by atoms with van der Waals surface area (Å²) in [6, 6.07) is 8.88. The molecule has 0 radical (unpaired) electrons. The third-order valence-electron chi connectivity index (χ3n) is 5.48. The zero-order valence-electron chi connectivity index (χ0n) is 19.0. The summed E-state index contributed by atoms with van der Waals surface area (Å²) in [4.78, 5) is 15.5. The van der Waals surface area contributed by atoms with Crippen molar-refractivity contribution < 1.29 is 4.74 Å². The van der Waals surface area contributed by atoms with Gasteiger partial charge in [-0.1, -0.05) is 12.1 Å². The lowest BCUT2D eigenvalue weighted by Crippen LogP contribution is -2.46. The summed E-state index contributed by atoms with van der Waals surface area (Å²) >= 11 is 1.81. The molecule has 2 N–H and O–H groups in total. The Kier molecular flexibility index (Phi) is 9.58. The van der Waals surface area contributed by atoms with Crippen LogP contribution in [-0.4, -0.2) is 68.3 Å². The van der Waals surface area contributed by atoms with E-state index in [0.717, 1.165) is 69.8 Å². The number of aliphatic imine (C=N–C) groups is 1. The first-order chi connectivity index (χ1) is 15.2. The van der Waals surface area contributed by atoms with E-state index in [2.05, 4.69) is 75.8 Å². The van der Waals surface area contributed by atoms with Crippen LogP contribution in [0.3, 0.4) is 0 Å². The van der Waals surface area contributed by atoms with Gasteiger partial charge in [0.15, 0.2) is 5.96 Å². The molecule has 1 atom stereocenters. The number of nitrogens with zero attached hydrogens (tertiary/aromatic N) is 4. The number of ether oxygens (including phenoxy) is 1. The normalized spacial score (nSPS) is 16.2. The molecule has 0 aliphatic carbocycles. The molecular formula is C23H36N6OS. The number of aromatic nitrogens is 1. The molecule has 3 rings (SSSR count). The smallest absolute Gasteiger partial charge is 0.191 e. The fraction of sp³-hybridized carbons (Fsp3) is 0.565. The van der Waals surface area contributed by atoms with Crippen LogP contribution in [0.5, 0.6) is 0 Å². The molecule has 8 heteroatoms. The van der Waals surface area contributed by atoms with Crippen molar-refractivity contribution in [1.29, 1.82) is 0 Å². The summed E-state index contributed by atoms with van der Waals surface area (Å²) in [7, 11) is 0. The summed E-state index contributed by atoms with van der Waals surface area (Å²) in [5.74, 6) is 1.86. The van der Waals surface area contributed by atoms with Crippen LogP contribution in [0, 0.1) is 0 Å². The second kappa shape index (κ2) is 12.6. The van der Waals surface area contributed by atoms with Crippen molar-refractivity contribution in [1.82, 2.24) is 20.5 Å². The monoisotopic (exact) mass is 444 g/mol. The molecule has 0 saturated carbocycles. The van der Waals surface area contributed by atoms with Gasteiger partial charge in [0, 0.05) is 50.3 Å². The van der Waals surface area contributed by atoms with Crippen molar-refractivity contribution in [3.05, 3.63) is 46.3 Å². The molecule has 170 valence electrons. The zero-order chi connectivity index (χ0) is 21.9. The van der Waals surface area contributed by atoms with Crippen molar-refractivity contribution in [2.45, 2.75) is 33.4 Å². The van der Waals surface area contributed by atoms with Gasteiger partial charge in [0.05, 0.1) is 25.8 Å². The summed E-state index contributed by atoms with van der Waals surface area (Å²) in [6.45, 7) is 14.1. The molecule has 7 nitrogen and oxygen atoms in total. The van der Waals surface area contributed by atoms with Gasteiger partial charge in [-0.05, 0) is 43.8 Å². The second-order valence-corrected chi connectivity index (χ2v) is 8.43. The van der Waals surface area contributed by atoms with Gasteiger partial charge < -0.3 is 20.3 Å². The lowest BCUT2D eigenvalue weighted by Gasteiger charge is -2.34. The molecule has 2 aromatic rings. The van der Waals surface area contributed by atoms with E-state index >= 15 is 0 Å². The number of hydrogen-bond acceptors (Lipinski definition) is 6. The van der Waals surface area contributed by atoms with Gasteiger partial charge in [-0.15, -0.1) is 11.3 Å². The highest BCUT2D eigenvalue weighted by atomic mass is 32.1. The largest absolute Gasteiger partial charge is 0.379 e. The molecule has 0 spiro atoms. The Labute approximate surface area is 190 Å². The van der Waals surface area contributed by atoms with Crippen LogP contribution in [0.4, 0.5) is 5.82 Å². The van der Waals surface area contributed by atoms with E-state index in [0.29, 0.717) is 12.6 Å². The van der Waals surface area contributed by atoms with Crippen LogP contribution in [-0.2, 0) is 11.3 Å². The Morgan fingerprint density at radius 3 is 2.61 bits per heavy atom. The number of pyridine rings is 1. The molecule has 0 bridgehead atoms. The van der Waals surface area contributed by atoms with Crippen LogP contribution < -0.4 is 15.5 Å². The predicted molar refractivity (Wildman–Crippen MR) is 130 cm³/mol. The SMILES string of the molecule is CCNC(=NCc1ccc(N(CC)CC)nc1)NCC(c1cccs1)N1CCOCC1. The maximum Gasteiger partial charge on any atom is 0.191 e. The topological polar surface area (TPSA) is 65.0 Å². The van der Waals surface area contributed by atoms with E-state index in [1.54, 1.807) is 0 Å². The molecule has 0 aromatic carbocycles. The first kappa shape index (κ1) is 23.5. The standard InChI is InChI=1S/C23H36N6OS/c1-4-24-23(26-17-19-9-10-22(25-16-19)28(5-2)6-3)27-18-20(21-8-7-15-31-21)29-11-13-30-14-12-29/h7-10,15-16,20H,4-6,11-14,17-18H2,1-3H3,(H2,24,26,27). The minimum Gasteiger partial charge on any atom is -0.379 e. The van der Waals surface area contributed by atoms with Crippen molar-refractivity contribution in [3.63, 3.8) is 0 Å². The van der Waals surface area contributed by atoms with E-state index in [1.807, 2.05) is 17.5 Å². The average molecular weight is 445 g/mol. The molecule has 1 aliphatic rings. The van der Waals surface area contributed by atoms with Crippen LogP contribution in [0.2, 0.25) is 0 Å². The summed E-state index contributed by atoms with van der Waals surface area (Å²) < 4.78 is 5.55. The minimum atomic E-state index is 0.322. The summed E-state index contributed by atoms with van der Waals surface area (Å²) in [5.41, 5.74) is 1.11. The van der Waals surface area contributed by atoms with Crippen molar-refractivity contribution >= 4 is 23.1 Å². The lowest BCUT2D eigenvalue weighted by atomic mass is 10.2. The van der Waals surface area contributed by atoms with Crippen LogP contribution in [0.25, 0.3) is 0 Å². The van der Waals surface area contributed by atoms with Gasteiger partial charge in [-0.2, -0.15) is 0 Å². The molecule has 3 heterocycles. The maximum absolute atomic E-state index is 5.55. The Bertz CT molecular complexity index is 770. The fourth-order valence-corrected chi connectivity index (χ4v) is 4.59. The summed E-state index contributed by atoms with van der Waals surface area (Å²) in [5, 5.41) is 9.08. The second-order valence-electron chi connectivity index (χ2n) is 7.45. The first-order valence-corrected chi connectivity index (χ1v) is 12.2. The van der Waals surface area contributed by atoms with E-state index < -0.39 is 0 Å². The first-order valence-electron chi connectivity index (χ1n) is 11.3. The van der Waals surface area contributed by atoms with Crippen LogP contribution in [0.15, 0.2) is 40.8 Å². The molecule has 1 saturated heterocycles. The number of anilines is 1. The Morgan fingerprint density at radius 1 is 1.19 bits per heavy atom. The maximum atomic E-state index is 5.55.